The maximum absolute atomic E-state index is 10.9. The van der Waals surface area contributed by atoms with Gasteiger partial charge in [-0.15, -0.1) is 0 Å². The van der Waals surface area contributed by atoms with Gasteiger partial charge in [0, 0.05) is 19.3 Å². The molecule has 0 aromatic carbocycles. The Morgan fingerprint density at radius 3 is 2.90 bits per heavy atom. The number of hydrogen-bond donors (Lipinski definition) is 0. The summed E-state index contributed by atoms with van der Waals surface area (Å²) in [5.74, 6) is 0. The molecule has 0 amide bonds. The van der Waals surface area contributed by atoms with Crippen LogP contribution in [-0.2, 0) is 7.05 Å². The van der Waals surface area contributed by atoms with Crippen LogP contribution in [0.1, 0.15) is 5.56 Å². The molecule has 2 heteroatoms. The molecule has 0 unspecified atom stereocenters. The van der Waals surface area contributed by atoms with Crippen LogP contribution in [0.2, 0.25) is 0 Å². The summed E-state index contributed by atoms with van der Waals surface area (Å²) >= 11 is 0. The van der Waals surface area contributed by atoms with E-state index in [0.717, 1.165) is 5.56 Å². The second-order valence-electron chi connectivity index (χ2n) is 2.11. The lowest BCUT2D eigenvalue weighted by Gasteiger charge is -1.94. The zero-order chi connectivity index (χ0) is 7.56. The largest absolute Gasteiger partial charge is 0.319 e. The minimum atomic E-state index is -0.00241. The number of hydrogen-bond acceptors (Lipinski definition) is 1. The third kappa shape index (κ3) is 1.16. The topological polar surface area (TPSA) is 22.0 Å². The molecule has 0 aliphatic heterocycles. The average molecular weight is 135 g/mol. The van der Waals surface area contributed by atoms with Crippen LogP contribution in [0.4, 0.5) is 0 Å². The third-order valence-corrected chi connectivity index (χ3v) is 1.36. The predicted molar refractivity (Wildman–Crippen MR) is 41.8 cm³/mol. The van der Waals surface area contributed by atoms with Crippen molar-refractivity contribution in [2.24, 2.45) is 7.05 Å². The van der Waals surface area contributed by atoms with Gasteiger partial charge in [-0.1, -0.05) is 12.7 Å². The number of nitrogens with zero attached hydrogens (tertiary/aromatic N) is 1. The van der Waals surface area contributed by atoms with Crippen LogP contribution >= 0.6 is 0 Å². The number of rotatable bonds is 1. The van der Waals surface area contributed by atoms with E-state index < -0.39 is 0 Å². The Balaban J connectivity index is 3.30. The van der Waals surface area contributed by atoms with E-state index in [0.29, 0.717) is 0 Å². The summed E-state index contributed by atoms with van der Waals surface area (Å²) in [4.78, 5) is 10.9. The minimum absolute atomic E-state index is 0.00241. The van der Waals surface area contributed by atoms with Gasteiger partial charge in [-0.05, 0) is 11.6 Å². The molecule has 0 atom stereocenters. The van der Waals surface area contributed by atoms with Gasteiger partial charge in [0.1, 0.15) is 0 Å². The molecule has 0 spiro atoms. The lowest BCUT2D eigenvalue weighted by molar-refractivity contribution is 0.859. The van der Waals surface area contributed by atoms with Gasteiger partial charge in [-0.25, -0.2) is 0 Å². The molecule has 10 heavy (non-hydrogen) atoms. The summed E-state index contributed by atoms with van der Waals surface area (Å²) in [6.45, 7) is 3.55. The van der Waals surface area contributed by atoms with Crippen molar-refractivity contribution in [3.05, 3.63) is 40.8 Å². The van der Waals surface area contributed by atoms with Gasteiger partial charge in [0.25, 0.3) is 5.56 Å². The monoisotopic (exact) mass is 135 g/mol. The van der Waals surface area contributed by atoms with E-state index in [2.05, 4.69) is 6.58 Å². The molecule has 0 bridgehead atoms. The summed E-state index contributed by atoms with van der Waals surface area (Å²) in [5.41, 5.74) is 0.862. The summed E-state index contributed by atoms with van der Waals surface area (Å²) in [6.07, 6.45) is 3.38. The second kappa shape index (κ2) is 2.52. The van der Waals surface area contributed by atoms with E-state index in [-0.39, 0.29) is 5.56 Å². The van der Waals surface area contributed by atoms with Crippen molar-refractivity contribution in [2.45, 2.75) is 0 Å². The van der Waals surface area contributed by atoms with Crippen molar-refractivity contribution in [3.8, 4) is 0 Å². The van der Waals surface area contributed by atoms with Crippen molar-refractivity contribution in [1.82, 2.24) is 4.57 Å². The van der Waals surface area contributed by atoms with Gasteiger partial charge in [0.2, 0.25) is 0 Å². The molecule has 0 N–H and O–H groups in total. The lowest BCUT2D eigenvalue weighted by atomic mass is 10.3. The van der Waals surface area contributed by atoms with E-state index in [1.54, 1.807) is 25.4 Å². The number of pyridine rings is 1. The number of aromatic nitrogens is 1. The SMILES string of the molecule is C=Cc1ccn(C)c(=O)c1. The molecular formula is C8H9NO. The first-order valence-corrected chi connectivity index (χ1v) is 3.03. The van der Waals surface area contributed by atoms with Crippen molar-refractivity contribution in [3.63, 3.8) is 0 Å². The molecule has 2 nitrogen and oxygen atoms in total. The summed E-state index contributed by atoms with van der Waals surface area (Å²) < 4.78 is 1.52. The van der Waals surface area contributed by atoms with Crippen molar-refractivity contribution >= 4 is 6.08 Å². The Morgan fingerprint density at radius 1 is 1.70 bits per heavy atom. The van der Waals surface area contributed by atoms with Gasteiger partial charge >= 0.3 is 0 Å². The molecule has 1 rings (SSSR count). The standard InChI is InChI=1S/C8H9NO/c1-3-7-4-5-9(2)8(10)6-7/h3-6H,1H2,2H3. The fourth-order valence-corrected chi connectivity index (χ4v) is 0.691. The lowest BCUT2D eigenvalue weighted by Crippen LogP contribution is -2.14. The fraction of sp³-hybridized carbons (Fsp3) is 0.125. The van der Waals surface area contributed by atoms with Crippen LogP contribution in [0, 0.1) is 0 Å². The fourth-order valence-electron chi connectivity index (χ4n) is 0.691. The Hall–Kier alpha value is -1.31. The molecule has 0 saturated heterocycles. The smallest absolute Gasteiger partial charge is 0.250 e. The van der Waals surface area contributed by atoms with E-state index in [4.69, 9.17) is 0 Å². The highest BCUT2D eigenvalue weighted by Gasteiger charge is 1.88. The van der Waals surface area contributed by atoms with Crippen LogP contribution in [0.25, 0.3) is 6.08 Å². The Bertz CT molecular complexity index is 298. The zero-order valence-electron chi connectivity index (χ0n) is 5.87. The van der Waals surface area contributed by atoms with E-state index in [1.807, 2.05) is 6.07 Å². The molecule has 0 fully saturated rings. The van der Waals surface area contributed by atoms with Crippen molar-refractivity contribution in [2.75, 3.05) is 0 Å². The highest BCUT2D eigenvalue weighted by Crippen LogP contribution is 1.93. The molecule has 0 radical (unpaired) electrons. The molecule has 1 heterocycles. The van der Waals surface area contributed by atoms with Crippen molar-refractivity contribution in [1.29, 1.82) is 0 Å². The molecule has 52 valence electrons. The normalized spacial score (nSPS) is 9.30. The van der Waals surface area contributed by atoms with Crippen molar-refractivity contribution < 1.29 is 0 Å². The first kappa shape index (κ1) is 6.81. The first-order chi connectivity index (χ1) is 4.74. The van der Waals surface area contributed by atoms with Crippen LogP contribution in [0.3, 0.4) is 0 Å². The summed E-state index contributed by atoms with van der Waals surface area (Å²) in [7, 11) is 1.72. The molecule has 0 aliphatic rings. The predicted octanol–water partition coefficient (Wildman–Crippen LogP) is 1.03. The highest BCUT2D eigenvalue weighted by molar-refractivity contribution is 5.44. The molecular weight excluding hydrogens is 126 g/mol. The maximum atomic E-state index is 10.9. The van der Waals surface area contributed by atoms with Gasteiger partial charge in [-0.2, -0.15) is 0 Å². The zero-order valence-corrected chi connectivity index (χ0v) is 5.87. The van der Waals surface area contributed by atoms with Crippen LogP contribution in [0.5, 0.6) is 0 Å². The molecule has 1 aromatic rings. The van der Waals surface area contributed by atoms with Gasteiger partial charge in [0.15, 0.2) is 0 Å². The molecule has 1 aromatic heterocycles. The van der Waals surface area contributed by atoms with E-state index in [9.17, 15) is 4.79 Å². The van der Waals surface area contributed by atoms with Gasteiger partial charge in [-0.3, -0.25) is 4.79 Å². The van der Waals surface area contributed by atoms with E-state index >= 15 is 0 Å². The van der Waals surface area contributed by atoms with Crippen LogP contribution in [-0.4, -0.2) is 4.57 Å². The van der Waals surface area contributed by atoms with Crippen LogP contribution in [0.15, 0.2) is 29.7 Å². The van der Waals surface area contributed by atoms with Gasteiger partial charge < -0.3 is 4.57 Å². The highest BCUT2D eigenvalue weighted by atomic mass is 16.1. The Kier molecular flexibility index (Phi) is 1.71. The third-order valence-electron chi connectivity index (χ3n) is 1.36. The quantitative estimate of drug-likeness (QED) is 0.563. The summed E-state index contributed by atoms with van der Waals surface area (Å²) in [6, 6.07) is 3.39. The Labute approximate surface area is 59.4 Å². The average Bonchev–Trinajstić information content (AvgIpc) is 1.95. The molecule has 0 saturated carbocycles. The number of aryl methyl sites for hydroxylation is 1. The molecule has 0 aliphatic carbocycles. The minimum Gasteiger partial charge on any atom is -0.319 e. The van der Waals surface area contributed by atoms with Gasteiger partial charge in [0.05, 0.1) is 0 Å². The van der Waals surface area contributed by atoms with E-state index in [1.165, 1.54) is 4.57 Å². The second-order valence-corrected chi connectivity index (χ2v) is 2.11. The summed E-state index contributed by atoms with van der Waals surface area (Å²) in [5, 5.41) is 0. The maximum Gasteiger partial charge on any atom is 0.250 e. The van der Waals surface area contributed by atoms with Crippen LogP contribution < -0.4 is 5.56 Å². The Morgan fingerprint density at radius 2 is 2.40 bits per heavy atom. The first-order valence-electron chi connectivity index (χ1n) is 3.03.